The second kappa shape index (κ2) is 7.66. The van der Waals surface area contributed by atoms with Gasteiger partial charge in [0.2, 0.25) is 11.8 Å². The smallest absolute Gasteiger partial charge is 0.250 e. The van der Waals surface area contributed by atoms with Crippen LogP contribution in [0.2, 0.25) is 0 Å². The van der Waals surface area contributed by atoms with E-state index in [1.165, 1.54) is 19.4 Å². The van der Waals surface area contributed by atoms with Crippen LogP contribution in [-0.4, -0.2) is 37.0 Å². The van der Waals surface area contributed by atoms with Crippen LogP contribution in [0.15, 0.2) is 42.9 Å². The van der Waals surface area contributed by atoms with Gasteiger partial charge in [0.25, 0.3) is 0 Å². The van der Waals surface area contributed by atoms with Gasteiger partial charge in [0.15, 0.2) is 11.6 Å². The number of hydrogen-bond donors (Lipinski definition) is 2. The lowest BCUT2D eigenvalue weighted by Gasteiger charge is -2.14. The number of nitrogen functional groups attached to an aromatic ring is 2. The predicted octanol–water partition coefficient (Wildman–Crippen LogP) is 2.68. The van der Waals surface area contributed by atoms with Crippen molar-refractivity contribution in [1.82, 2.24) is 29.9 Å². The number of rotatable bonds is 4. The van der Waals surface area contributed by atoms with E-state index < -0.39 is 5.82 Å². The second-order valence-electron chi connectivity index (χ2n) is 6.33. The molecule has 10 heteroatoms. The highest BCUT2D eigenvalue weighted by molar-refractivity contribution is 5.87. The second-order valence-corrected chi connectivity index (χ2v) is 6.33. The van der Waals surface area contributed by atoms with Crippen molar-refractivity contribution in [1.29, 1.82) is 0 Å². The van der Waals surface area contributed by atoms with Gasteiger partial charge < -0.3 is 16.2 Å². The Bertz CT molecular complexity index is 1210. The zero-order valence-corrected chi connectivity index (χ0v) is 16.2. The minimum Gasteiger partial charge on any atom is -0.479 e. The monoisotopic (exact) mass is 404 g/mol. The van der Waals surface area contributed by atoms with Gasteiger partial charge in [-0.1, -0.05) is 0 Å². The number of ether oxygens (including phenoxy) is 1. The number of methoxy groups -OCH3 is 1. The van der Waals surface area contributed by atoms with Crippen LogP contribution in [0.3, 0.4) is 0 Å². The Kier molecular flexibility index (Phi) is 4.88. The average Bonchev–Trinajstić information content (AvgIpc) is 2.73. The molecular formula is C20H17FN8O. The third-order valence-electron chi connectivity index (χ3n) is 4.32. The summed E-state index contributed by atoms with van der Waals surface area (Å²) in [6.45, 7) is 1.69. The van der Waals surface area contributed by atoms with E-state index in [-0.39, 0.29) is 23.5 Å². The van der Waals surface area contributed by atoms with E-state index in [1.807, 2.05) is 0 Å². The number of halogens is 1. The van der Waals surface area contributed by atoms with Crippen LogP contribution >= 0.6 is 0 Å². The Morgan fingerprint density at radius 2 is 1.70 bits per heavy atom. The molecule has 0 aliphatic heterocycles. The SMILES string of the molecule is COc1ncc(-c2cc(-c3nc(C)nc(N)n3)c(N)nc2-c2ccncc2)cc1F. The molecule has 0 saturated heterocycles. The van der Waals surface area contributed by atoms with E-state index in [0.717, 1.165) is 5.56 Å². The average molecular weight is 404 g/mol. The summed E-state index contributed by atoms with van der Waals surface area (Å²) in [7, 11) is 1.35. The van der Waals surface area contributed by atoms with Crippen molar-refractivity contribution >= 4 is 11.8 Å². The van der Waals surface area contributed by atoms with Gasteiger partial charge in [0.1, 0.15) is 11.6 Å². The molecule has 0 aliphatic rings. The van der Waals surface area contributed by atoms with E-state index in [1.54, 1.807) is 37.5 Å². The quantitative estimate of drug-likeness (QED) is 0.525. The van der Waals surface area contributed by atoms with Crippen LogP contribution in [-0.2, 0) is 0 Å². The number of pyridine rings is 3. The number of nitrogens with zero attached hydrogens (tertiary/aromatic N) is 6. The number of aromatic nitrogens is 6. The summed E-state index contributed by atoms with van der Waals surface area (Å²) in [5.74, 6) is 0.262. The molecule has 4 rings (SSSR count). The van der Waals surface area contributed by atoms with Crippen LogP contribution in [0.4, 0.5) is 16.2 Å². The molecule has 0 bridgehead atoms. The molecule has 4 heterocycles. The van der Waals surface area contributed by atoms with E-state index >= 15 is 0 Å². The summed E-state index contributed by atoms with van der Waals surface area (Å²) >= 11 is 0. The number of anilines is 2. The maximum atomic E-state index is 14.4. The van der Waals surface area contributed by atoms with Gasteiger partial charge in [-0.05, 0) is 31.2 Å². The Labute approximate surface area is 171 Å². The first kappa shape index (κ1) is 19.1. The Morgan fingerprint density at radius 3 is 2.37 bits per heavy atom. The lowest BCUT2D eigenvalue weighted by atomic mass is 9.98. The van der Waals surface area contributed by atoms with Gasteiger partial charge in [-0.25, -0.2) is 19.3 Å². The maximum Gasteiger partial charge on any atom is 0.250 e. The molecule has 0 spiro atoms. The molecule has 0 aromatic carbocycles. The third kappa shape index (κ3) is 3.58. The lowest BCUT2D eigenvalue weighted by Crippen LogP contribution is -2.05. The molecule has 0 radical (unpaired) electrons. The van der Waals surface area contributed by atoms with Gasteiger partial charge in [0.05, 0.1) is 18.4 Å². The number of aryl methyl sites for hydroxylation is 1. The van der Waals surface area contributed by atoms with Gasteiger partial charge in [-0.3, -0.25) is 4.98 Å². The third-order valence-corrected chi connectivity index (χ3v) is 4.32. The van der Waals surface area contributed by atoms with Crippen molar-refractivity contribution in [2.75, 3.05) is 18.6 Å². The van der Waals surface area contributed by atoms with Crippen LogP contribution < -0.4 is 16.2 Å². The fraction of sp³-hybridized carbons (Fsp3) is 0.100. The Morgan fingerprint density at radius 1 is 0.933 bits per heavy atom. The van der Waals surface area contributed by atoms with Crippen molar-refractivity contribution in [3.63, 3.8) is 0 Å². The minimum absolute atomic E-state index is 0.0637. The number of nitrogens with two attached hydrogens (primary N) is 2. The van der Waals surface area contributed by atoms with Crippen LogP contribution in [0.1, 0.15) is 5.82 Å². The highest BCUT2D eigenvalue weighted by Crippen LogP contribution is 2.36. The summed E-state index contributed by atoms with van der Waals surface area (Å²) < 4.78 is 19.3. The van der Waals surface area contributed by atoms with Crippen molar-refractivity contribution in [2.45, 2.75) is 6.92 Å². The van der Waals surface area contributed by atoms with Crippen molar-refractivity contribution in [3.8, 4) is 39.7 Å². The summed E-state index contributed by atoms with van der Waals surface area (Å²) in [6, 6.07) is 6.61. The zero-order valence-electron chi connectivity index (χ0n) is 16.2. The largest absolute Gasteiger partial charge is 0.479 e. The normalized spacial score (nSPS) is 10.8. The molecule has 0 aliphatic carbocycles. The fourth-order valence-electron chi connectivity index (χ4n) is 3.00. The molecule has 4 N–H and O–H groups in total. The maximum absolute atomic E-state index is 14.4. The predicted molar refractivity (Wildman–Crippen MR) is 110 cm³/mol. The molecule has 0 saturated carbocycles. The molecule has 4 aromatic rings. The van der Waals surface area contributed by atoms with Gasteiger partial charge in [0, 0.05) is 35.3 Å². The topological polar surface area (TPSA) is 139 Å². The molecule has 9 nitrogen and oxygen atoms in total. The molecule has 0 amide bonds. The summed E-state index contributed by atoms with van der Waals surface area (Å²) in [4.78, 5) is 25.1. The van der Waals surface area contributed by atoms with Gasteiger partial charge >= 0.3 is 0 Å². The molecule has 0 fully saturated rings. The van der Waals surface area contributed by atoms with E-state index in [2.05, 4.69) is 29.9 Å². The molecule has 0 atom stereocenters. The first-order valence-electron chi connectivity index (χ1n) is 8.85. The van der Waals surface area contributed by atoms with E-state index in [9.17, 15) is 4.39 Å². The summed E-state index contributed by atoms with van der Waals surface area (Å²) in [6.07, 6.45) is 4.76. The van der Waals surface area contributed by atoms with Gasteiger partial charge in [-0.2, -0.15) is 9.97 Å². The van der Waals surface area contributed by atoms with Crippen molar-refractivity contribution in [2.24, 2.45) is 0 Å². The van der Waals surface area contributed by atoms with Crippen LogP contribution in [0, 0.1) is 12.7 Å². The minimum atomic E-state index is -0.602. The van der Waals surface area contributed by atoms with Crippen molar-refractivity contribution < 1.29 is 9.13 Å². The molecule has 0 unspecified atom stereocenters. The highest BCUT2D eigenvalue weighted by Gasteiger charge is 2.18. The first-order chi connectivity index (χ1) is 14.5. The molecular weight excluding hydrogens is 387 g/mol. The molecule has 150 valence electrons. The Hall–Kier alpha value is -4.21. The van der Waals surface area contributed by atoms with E-state index in [0.29, 0.717) is 28.2 Å². The summed E-state index contributed by atoms with van der Waals surface area (Å²) in [5.41, 5.74) is 14.8. The summed E-state index contributed by atoms with van der Waals surface area (Å²) in [5, 5.41) is 0. The van der Waals surface area contributed by atoms with Gasteiger partial charge in [-0.15, -0.1) is 0 Å². The molecule has 4 aromatic heterocycles. The Balaban J connectivity index is 1.98. The highest BCUT2D eigenvalue weighted by atomic mass is 19.1. The van der Waals surface area contributed by atoms with E-state index in [4.69, 9.17) is 16.2 Å². The number of hydrogen-bond acceptors (Lipinski definition) is 9. The lowest BCUT2D eigenvalue weighted by molar-refractivity contribution is 0.369. The van der Waals surface area contributed by atoms with Crippen LogP contribution in [0.5, 0.6) is 5.88 Å². The first-order valence-corrected chi connectivity index (χ1v) is 8.85. The fourth-order valence-corrected chi connectivity index (χ4v) is 3.00. The van der Waals surface area contributed by atoms with Crippen LogP contribution in [0.25, 0.3) is 33.8 Å². The van der Waals surface area contributed by atoms with Crippen molar-refractivity contribution in [3.05, 3.63) is 54.5 Å². The molecule has 30 heavy (non-hydrogen) atoms. The standard InChI is InChI=1S/C20H17FN8O/c1-10-26-18(29-20(23)27-10)14-8-13(12-7-15(21)19(30-2)25-9-12)16(28-17(14)22)11-3-5-24-6-4-11/h3-9H,1-2H3,(H2,22,28)(H2,23,26,27,29). The zero-order chi connectivity index (χ0) is 21.3.